The van der Waals surface area contributed by atoms with Crippen LogP contribution in [-0.4, -0.2) is 63.0 Å². The number of ether oxygens (including phenoxy) is 3. The van der Waals surface area contributed by atoms with E-state index in [0.29, 0.717) is 36.8 Å². The van der Waals surface area contributed by atoms with Gasteiger partial charge in [-0.15, -0.1) is 11.8 Å². The van der Waals surface area contributed by atoms with E-state index in [1.54, 1.807) is 26.2 Å². The van der Waals surface area contributed by atoms with Crippen molar-refractivity contribution in [1.29, 1.82) is 0 Å². The number of rotatable bonds is 10. The van der Waals surface area contributed by atoms with E-state index in [9.17, 15) is 9.59 Å². The number of carbonyl (C=O) groups excluding carboxylic acids is 2. The molecule has 1 aliphatic heterocycles. The second-order valence-corrected chi connectivity index (χ2v) is 8.07. The number of nitrogens with one attached hydrogen (secondary N) is 1. The summed E-state index contributed by atoms with van der Waals surface area (Å²) in [5.41, 5.74) is 0.830. The fourth-order valence-corrected chi connectivity index (χ4v) is 4.47. The molecule has 7 nitrogen and oxygen atoms in total. The van der Waals surface area contributed by atoms with Gasteiger partial charge in [-0.25, -0.2) is 0 Å². The SMILES string of the molecule is COCCNC(=O)[C@@H](CC(C)C)N1C(=O)CS[C@@H]1c1cc(OC)ccc1OC. The fourth-order valence-electron chi connectivity index (χ4n) is 3.23. The number of carbonyl (C=O) groups is 2. The molecule has 0 unspecified atom stereocenters. The van der Waals surface area contributed by atoms with Gasteiger partial charge >= 0.3 is 0 Å². The van der Waals surface area contributed by atoms with Crippen molar-refractivity contribution in [3.63, 3.8) is 0 Å². The highest BCUT2D eigenvalue weighted by Crippen LogP contribution is 2.45. The molecule has 0 radical (unpaired) electrons. The maximum atomic E-state index is 12.9. The topological polar surface area (TPSA) is 77.1 Å². The molecule has 1 fully saturated rings. The van der Waals surface area contributed by atoms with Crippen molar-refractivity contribution in [3.05, 3.63) is 23.8 Å². The van der Waals surface area contributed by atoms with Gasteiger partial charge in [0.1, 0.15) is 22.9 Å². The van der Waals surface area contributed by atoms with E-state index in [1.165, 1.54) is 11.8 Å². The Kier molecular flexibility index (Phi) is 8.44. The average molecular weight is 411 g/mol. The highest BCUT2D eigenvalue weighted by Gasteiger charge is 2.42. The lowest BCUT2D eigenvalue weighted by Gasteiger charge is -2.33. The molecule has 0 spiro atoms. The number of hydrogen-bond acceptors (Lipinski definition) is 6. The van der Waals surface area contributed by atoms with Crippen molar-refractivity contribution >= 4 is 23.6 Å². The molecular formula is C20H30N2O5S. The molecule has 0 aromatic heterocycles. The van der Waals surface area contributed by atoms with E-state index in [1.807, 2.05) is 32.0 Å². The van der Waals surface area contributed by atoms with Crippen LogP contribution in [0.2, 0.25) is 0 Å². The van der Waals surface area contributed by atoms with Crippen molar-refractivity contribution in [3.8, 4) is 11.5 Å². The molecule has 156 valence electrons. The normalized spacial score (nSPS) is 17.7. The van der Waals surface area contributed by atoms with E-state index in [4.69, 9.17) is 14.2 Å². The van der Waals surface area contributed by atoms with Crippen molar-refractivity contribution in [1.82, 2.24) is 10.2 Å². The minimum atomic E-state index is -0.555. The van der Waals surface area contributed by atoms with Crippen molar-refractivity contribution < 1.29 is 23.8 Å². The zero-order valence-electron chi connectivity index (χ0n) is 17.2. The van der Waals surface area contributed by atoms with Crippen LogP contribution >= 0.6 is 11.8 Å². The lowest BCUT2D eigenvalue weighted by Crippen LogP contribution is -2.49. The molecule has 2 amide bonds. The minimum absolute atomic E-state index is 0.0487. The zero-order valence-corrected chi connectivity index (χ0v) is 18.0. The van der Waals surface area contributed by atoms with Gasteiger partial charge in [0.25, 0.3) is 0 Å². The van der Waals surface area contributed by atoms with E-state index in [0.717, 1.165) is 5.56 Å². The first-order valence-electron chi connectivity index (χ1n) is 9.34. The molecule has 1 saturated heterocycles. The predicted octanol–water partition coefficient (Wildman–Crippen LogP) is 2.46. The second-order valence-electron chi connectivity index (χ2n) is 7.00. The summed E-state index contributed by atoms with van der Waals surface area (Å²) in [6.07, 6.45) is 0.577. The Labute approximate surface area is 171 Å². The van der Waals surface area contributed by atoms with Gasteiger partial charge < -0.3 is 24.4 Å². The molecule has 1 N–H and O–H groups in total. The standard InChI is InChI=1S/C20H30N2O5S/c1-13(2)10-16(19(24)21-8-9-25-3)22-18(23)12-28-20(22)15-11-14(26-4)6-7-17(15)27-5/h6-7,11,13,16,20H,8-10,12H2,1-5H3,(H,21,24)/t16-,20-/m1/s1. The van der Waals surface area contributed by atoms with Crippen LogP contribution in [0.4, 0.5) is 0 Å². The first-order chi connectivity index (χ1) is 13.4. The summed E-state index contributed by atoms with van der Waals surface area (Å²) in [6.45, 7) is 4.93. The molecule has 0 aliphatic carbocycles. The quantitative estimate of drug-likeness (QED) is 0.597. The van der Waals surface area contributed by atoms with Crippen molar-refractivity contribution in [2.45, 2.75) is 31.7 Å². The Balaban J connectivity index is 2.37. The molecule has 8 heteroatoms. The Hall–Kier alpha value is -1.93. The largest absolute Gasteiger partial charge is 0.497 e. The predicted molar refractivity (Wildman–Crippen MR) is 110 cm³/mol. The number of amides is 2. The first kappa shape index (κ1) is 22.4. The third-order valence-corrected chi connectivity index (χ3v) is 5.76. The number of benzene rings is 1. The first-order valence-corrected chi connectivity index (χ1v) is 10.4. The highest BCUT2D eigenvalue weighted by atomic mass is 32.2. The molecule has 0 bridgehead atoms. The third kappa shape index (κ3) is 5.32. The summed E-state index contributed by atoms with van der Waals surface area (Å²) in [6, 6.07) is 4.96. The lowest BCUT2D eigenvalue weighted by atomic mass is 10.0. The van der Waals surface area contributed by atoms with E-state index < -0.39 is 6.04 Å². The summed E-state index contributed by atoms with van der Waals surface area (Å²) in [5, 5.41) is 2.58. The number of thioether (sulfide) groups is 1. The summed E-state index contributed by atoms with van der Waals surface area (Å²) in [7, 11) is 4.78. The van der Waals surface area contributed by atoms with Crippen LogP contribution < -0.4 is 14.8 Å². The van der Waals surface area contributed by atoms with Gasteiger partial charge in [-0.1, -0.05) is 13.8 Å². The van der Waals surface area contributed by atoms with Gasteiger partial charge in [-0.2, -0.15) is 0 Å². The Morgan fingerprint density at radius 3 is 2.64 bits per heavy atom. The molecule has 1 aliphatic rings. The number of hydrogen-bond donors (Lipinski definition) is 1. The molecule has 1 aromatic carbocycles. The van der Waals surface area contributed by atoms with Crippen LogP contribution in [0.15, 0.2) is 18.2 Å². The minimum Gasteiger partial charge on any atom is -0.497 e. The molecule has 28 heavy (non-hydrogen) atoms. The summed E-state index contributed by atoms with van der Waals surface area (Å²) in [4.78, 5) is 27.4. The molecule has 0 saturated carbocycles. The van der Waals surface area contributed by atoms with E-state index >= 15 is 0 Å². The van der Waals surface area contributed by atoms with Crippen LogP contribution in [0, 0.1) is 5.92 Å². The van der Waals surface area contributed by atoms with Gasteiger partial charge in [0.15, 0.2) is 0 Å². The van der Waals surface area contributed by atoms with Crippen LogP contribution in [0.5, 0.6) is 11.5 Å². The summed E-state index contributed by atoms with van der Waals surface area (Å²) in [5.74, 6) is 1.72. The third-order valence-electron chi connectivity index (χ3n) is 4.55. The van der Waals surface area contributed by atoms with Gasteiger partial charge in [0.05, 0.1) is 26.6 Å². The monoisotopic (exact) mass is 410 g/mol. The van der Waals surface area contributed by atoms with Crippen LogP contribution in [-0.2, 0) is 14.3 Å². The second kappa shape index (κ2) is 10.6. The fraction of sp³-hybridized carbons (Fsp3) is 0.600. The van der Waals surface area contributed by atoms with E-state index in [-0.39, 0.29) is 23.1 Å². The number of methoxy groups -OCH3 is 3. The van der Waals surface area contributed by atoms with Gasteiger partial charge in [-0.05, 0) is 30.5 Å². The van der Waals surface area contributed by atoms with Crippen molar-refractivity contribution in [2.24, 2.45) is 5.92 Å². The number of nitrogens with zero attached hydrogens (tertiary/aromatic N) is 1. The molecule has 1 aromatic rings. The van der Waals surface area contributed by atoms with E-state index in [2.05, 4.69) is 5.32 Å². The molecule has 1 heterocycles. The molecule has 2 atom stereocenters. The summed E-state index contributed by atoms with van der Waals surface area (Å²) >= 11 is 1.50. The van der Waals surface area contributed by atoms with Gasteiger partial charge in [0, 0.05) is 19.2 Å². The maximum Gasteiger partial charge on any atom is 0.242 e. The van der Waals surface area contributed by atoms with Crippen LogP contribution in [0.1, 0.15) is 31.2 Å². The Morgan fingerprint density at radius 1 is 1.29 bits per heavy atom. The smallest absolute Gasteiger partial charge is 0.242 e. The molecule has 2 rings (SSSR count). The van der Waals surface area contributed by atoms with Gasteiger partial charge in [0.2, 0.25) is 11.8 Å². The molecular weight excluding hydrogens is 380 g/mol. The van der Waals surface area contributed by atoms with Crippen LogP contribution in [0.3, 0.4) is 0 Å². The van der Waals surface area contributed by atoms with Crippen LogP contribution in [0.25, 0.3) is 0 Å². The van der Waals surface area contributed by atoms with Crippen molar-refractivity contribution in [2.75, 3.05) is 40.2 Å². The van der Waals surface area contributed by atoms with Gasteiger partial charge in [-0.3, -0.25) is 9.59 Å². The zero-order chi connectivity index (χ0) is 20.7. The Morgan fingerprint density at radius 2 is 2.04 bits per heavy atom. The lowest BCUT2D eigenvalue weighted by molar-refractivity contribution is -0.139. The maximum absolute atomic E-state index is 12.9. The Bertz CT molecular complexity index is 683. The average Bonchev–Trinajstić information content (AvgIpc) is 3.06. The highest BCUT2D eigenvalue weighted by molar-refractivity contribution is 8.00. The summed E-state index contributed by atoms with van der Waals surface area (Å²) < 4.78 is 15.9.